The SMILES string of the molecule is C.C.CCCCC(C)OC(C)=O. The van der Waals surface area contributed by atoms with Crippen molar-refractivity contribution in [3.05, 3.63) is 0 Å². The van der Waals surface area contributed by atoms with E-state index in [9.17, 15) is 4.79 Å². The molecule has 0 amide bonds. The molecule has 0 bridgehead atoms. The van der Waals surface area contributed by atoms with Crippen molar-refractivity contribution in [2.24, 2.45) is 0 Å². The van der Waals surface area contributed by atoms with Crippen molar-refractivity contribution in [1.82, 2.24) is 0 Å². The largest absolute Gasteiger partial charge is 0.463 e. The maximum Gasteiger partial charge on any atom is 0.302 e. The molecule has 2 heteroatoms. The zero-order chi connectivity index (χ0) is 7.98. The molecule has 0 aliphatic carbocycles. The first kappa shape index (κ1) is 17.5. The predicted molar refractivity (Wildman–Crippen MR) is 54.2 cm³/mol. The summed E-state index contributed by atoms with van der Waals surface area (Å²) in [7, 11) is 0. The second-order valence-corrected chi connectivity index (χ2v) is 2.56. The summed E-state index contributed by atoms with van der Waals surface area (Å²) in [5.41, 5.74) is 0. The Hall–Kier alpha value is -0.530. The molecule has 0 saturated carbocycles. The van der Waals surface area contributed by atoms with Gasteiger partial charge in [-0.15, -0.1) is 0 Å². The van der Waals surface area contributed by atoms with Crippen LogP contribution in [-0.2, 0) is 9.53 Å². The Kier molecular flexibility index (Phi) is 15.3. The van der Waals surface area contributed by atoms with Crippen LogP contribution in [0.25, 0.3) is 0 Å². The summed E-state index contributed by atoms with van der Waals surface area (Å²) in [6.07, 6.45) is 3.37. The van der Waals surface area contributed by atoms with Gasteiger partial charge < -0.3 is 4.74 Å². The fourth-order valence-electron chi connectivity index (χ4n) is 0.834. The molecule has 0 radical (unpaired) electrons. The van der Waals surface area contributed by atoms with Crippen LogP contribution in [0, 0.1) is 0 Å². The van der Waals surface area contributed by atoms with Crippen LogP contribution in [0.1, 0.15) is 54.9 Å². The van der Waals surface area contributed by atoms with Crippen molar-refractivity contribution in [3.8, 4) is 0 Å². The highest BCUT2D eigenvalue weighted by Crippen LogP contribution is 2.03. The van der Waals surface area contributed by atoms with Gasteiger partial charge in [-0.25, -0.2) is 0 Å². The average molecular weight is 176 g/mol. The van der Waals surface area contributed by atoms with Crippen LogP contribution in [0.2, 0.25) is 0 Å². The van der Waals surface area contributed by atoms with Crippen LogP contribution < -0.4 is 0 Å². The van der Waals surface area contributed by atoms with Gasteiger partial charge in [0.15, 0.2) is 0 Å². The molecule has 0 saturated heterocycles. The summed E-state index contributed by atoms with van der Waals surface area (Å²) in [6, 6.07) is 0. The summed E-state index contributed by atoms with van der Waals surface area (Å²) in [5.74, 6) is -0.177. The van der Waals surface area contributed by atoms with Gasteiger partial charge in [-0.1, -0.05) is 34.6 Å². The van der Waals surface area contributed by atoms with E-state index in [1.807, 2.05) is 6.92 Å². The fourth-order valence-corrected chi connectivity index (χ4v) is 0.834. The summed E-state index contributed by atoms with van der Waals surface area (Å²) in [4.78, 5) is 10.4. The summed E-state index contributed by atoms with van der Waals surface area (Å²) >= 11 is 0. The van der Waals surface area contributed by atoms with Gasteiger partial charge in [0.2, 0.25) is 0 Å². The van der Waals surface area contributed by atoms with Crippen molar-refractivity contribution in [1.29, 1.82) is 0 Å². The summed E-state index contributed by atoms with van der Waals surface area (Å²) in [6.45, 7) is 5.50. The molecule has 0 N–H and O–H groups in total. The van der Waals surface area contributed by atoms with E-state index < -0.39 is 0 Å². The second-order valence-electron chi connectivity index (χ2n) is 2.56. The first-order valence-corrected chi connectivity index (χ1v) is 3.84. The highest BCUT2D eigenvalue weighted by molar-refractivity contribution is 5.66. The molecule has 0 aliphatic heterocycles. The Balaban J connectivity index is -0.000000405. The van der Waals surface area contributed by atoms with Gasteiger partial charge in [0, 0.05) is 6.92 Å². The van der Waals surface area contributed by atoms with Crippen molar-refractivity contribution in [2.45, 2.75) is 61.0 Å². The second kappa shape index (κ2) is 10.5. The van der Waals surface area contributed by atoms with Crippen LogP contribution >= 0.6 is 0 Å². The standard InChI is InChI=1S/C8H16O2.2CH4/c1-4-5-6-7(2)10-8(3)9;;/h7H,4-6H2,1-3H3;2*1H4. The molecule has 0 aromatic heterocycles. The average Bonchev–Trinajstić information content (AvgIpc) is 1.82. The third-order valence-electron chi connectivity index (χ3n) is 1.33. The van der Waals surface area contributed by atoms with Gasteiger partial charge in [-0.3, -0.25) is 4.79 Å². The lowest BCUT2D eigenvalue weighted by Crippen LogP contribution is -2.11. The topological polar surface area (TPSA) is 26.3 Å². The van der Waals surface area contributed by atoms with Crippen molar-refractivity contribution in [3.63, 3.8) is 0 Å². The number of esters is 1. The van der Waals surface area contributed by atoms with Crippen LogP contribution in [0.3, 0.4) is 0 Å². The fraction of sp³-hybridized carbons (Fsp3) is 0.900. The molecule has 0 aromatic rings. The zero-order valence-electron chi connectivity index (χ0n) is 7.02. The van der Waals surface area contributed by atoms with Gasteiger partial charge in [0.1, 0.15) is 0 Å². The molecular weight excluding hydrogens is 152 g/mol. The van der Waals surface area contributed by atoms with Gasteiger partial charge >= 0.3 is 5.97 Å². The Morgan fingerprint density at radius 1 is 1.42 bits per heavy atom. The molecule has 0 aromatic carbocycles. The first-order valence-electron chi connectivity index (χ1n) is 3.84. The molecule has 1 atom stereocenters. The van der Waals surface area contributed by atoms with E-state index in [0.29, 0.717) is 0 Å². The Morgan fingerprint density at radius 2 is 1.92 bits per heavy atom. The number of rotatable bonds is 4. The monoisotopic (exact) mass is 176 g/mol. The molecule has 1 unspecified atom stereocenters. The van der Waals surface area contributed by atoms with E-state index in [0.717, 1.165) is 19.3 Å². The van der Waals surface area contributed by atoms with Gasteiger partial charge in [-0.05, 0) is 13.3 Å². The minimum atomic E-state index is -0.177. The minimum absolute atomic E-state index is 0. The van der Waals surface area contributed by atoms with E-state index in [1.165, 1.54) is 6.92 Å². The molecule has 0 spiro atoms. The molecule has 12 heavy (non-hydrogen) atoms. The normalized spacial score (nSPS) is 10.6. The number of hydrogen-bond donors (Lipinski definition) is 0. The maximum atomic E-state index is 10.4. The molecule has 0 fully saturated rings. The number of carbonyl (C=O) groups excluding carboxylic acids is 1. The molecular formula is C10H24O2. The number of carbonyl (C=O) groups is 1. The predicted octanol–water partition coefficient (Wildman–Crippen LogP) is 3.40. The van der Waals surface area contributed by atoms with Gasteiger partial charge in [-0.2, -0.15) is 0 Å². The zero-order valence-corrected chi connectivity index (χ0v) is 7.02. The molecule has 2 nitrogen and oxygen atoms in total. The summed E-state index contributed by atoms with van der Waals surface area (Å²) < 4.78 is 4.91. The quantitative estimate of drug-likeness (QED) is 0.614. The van der Waals surface area contributed by atoms with Crippen molar-refractivity contribution in [2.75, 3.05) is 0 Å². The first-order chi connectivity index (χ1) is 4.66. The summed E-state index contributed by atoms with van der Waals surface area (Å²) in [5, 5.41) is 0. The van der Waals surface area contributed by atoms with E-state index in [2.05, 4.69) is 6.92 Å². The van der Waals surface area contributed by atoms with Gasteiger partial charge in [0.05, 0.1) is 6.10 Å². The van der Waals surface area contributed by atoms with Crippen molar-refractivity contribution >= 4 is 5.97 Å². The van der Waals surface area contributed by atoms with E-state index >= 15 is 0 Å². The lowest BCUT2D eigenvalue weighted by Gasteiger charge is -2.09. The highest BCUT2D eigenvalue weighted by Gasteiger charge is 2.02. The minimum Gasteiger partial charge on any atom is -0.463 e. The smallest absolute Gasteiger partial charge is 0.302 e. The molecule has 76 valence electrons. The van der Waals surface area contributed by atoms with Crippen LogP contribution in [0.5, 0.6) is 0 Å². The van der Waals surface area contributed by atoms with Gasteiger partial charge in [0.25, 0.3) is 0 Å². The number of ether oxygens (including phenoxy) is 1. The van der Waals surface area contributed by atoms with E-state index in [-0.39, 0.29) is 26.9 Å². The van der Waals surface area contributed by atoms with Crippen LogP contribution in [-0.4, -0.2) is 12.1 Å². The lowest BCUT2D eigenvalue weighted by atomic mass is 10.2. The van der Waals surface area contributed by atoms with Crippen LogP contribution in [0.4, 0.5) is 0 Å². The molecule has 0 heterocycles. The number of unbranched alkanes of at least 4 members (excludes halogenated alkanes) is 1. The van der Waals surface area contributed by atoms with Crippen LogP contribution in [0.15, 0.2) is 0 Å². The third-order valence-corrected chi connectivity index (χ3v) is 1.33. The maximum absolute atomic E-state index is 10.4. The third kappa shape index (κ3) is 12.2. The number of hydrogen-bond acceptors (Lipinski definition) is 2. The van der Waals surface area contributed by atoms with E-state index in [4.69, 9.17) is 4.74 Å². The van der Waals surface area contributed by atoms with Crippen molar-refractivity contribution < 1.29 is 9.53 Å². The molecule has 0 rings (SSSR count). The Morgan fingerprint density at radius 3 is 2.25 bits per heavy atom. The van der Waals surface area contributed by atoms with E-state index in [1.54, 1.807) is 0 Å². The highest BCUT2D eigenvalue weighted by atomic mass is 16.5. The lowest BCUT2D eigenvalue weighted by molar-refractivity contribution is -0.145. The Bertz CT molecular complexity index is 100. The Labute approximate surface area is 77.3 Å². The molecule has 0 aliphatic rings.